The van der Waals surface area contributed by atoms with Crippen LogP contribution in [0.1, 0.15) is 59.8 Å². The maximum Gasteiger partial charge on any atom is 0.0616 e. The lowest BCUT2D eigenvalue weighted by Gasteiger charge is -2.49. The van der Waals surface area contributed by atoms with Crippen molar-refractivity contribution in [1.29, 1.82) is 0 Å². The molecular weight excluding hydrogens is 248 g/mol. The van der Waals surface area contributed by atoms with Crippen LogP contribution >= 0.6 is 0 Å². The summed E-state index contributed by atoms with van der Waals surface area (Å²) in [6.45, 7) is 13.4. The van der Waals surface area contributed by atoms with Gasteiger partial charge in [-0.1, -0.05) is 27.7 Å². The van der Waals surface area contributed by atoms with Crippen molar-refractivity contribution in [3.05, 3.63) is 0 Å². The molecule has 2 unspecified atom stereocenters. The highest BCUT2D eigenvalue weighted by molar-refractivity contribution is 4.98. The maximum absolute atomic E-state index is 6.25. The molecule has 0 aromatic rings. The molecule has 3 heteroatoms. The third-order valence-corrected chi connectivity index (χ3v) is 5.61. The number of ether oxygens (including phenoxy) is 1. The fourth-order valence-electron chi connectivity index (χ4n) is 3.86. The summed E-state index contributed by atoms with van der Waals surface area (Å²) in [5, 5.41) is 0. The summed E-state index contributed by atoms with van der Waals surface area (Å²) < 4.78 is 5.98. The molecule has 0 bridgehead atoms. The zero-order valence-electron chi connectivity index (χ0n) is 14.0. The summed E-state index contributed by atoms with van der Waals surface area (Å²) in [6, 6.07) is 0. The quantitative estimate of drug-likeness (QED) is 0.864. The lowest BCUT2D eigenvalue weighted by molar-refractivity contribution is -0.0873. The maximum atomic E-state index is 6.25. The molecule has 20 heavy (non-hydrogen) atoms. The van der Waals surface area contributed by atoms with Gasteiger partial charge in [-0.2, -0.15) is 0 Å². The van der Waals surface area contributed by atoms with Crippen LogP contribution < -0.4 is 5.73 Å². The van der Waals surface area contributed by atoms with Crippen LogP contribution in [0.4, 0.5) is 0 Å². The predicted molar refractivity (Wildman–Crippen MR) is 84.8 cm³/mol. The number of hydrogen-bond acceptors (Lipinski definition) is 3. The highest BCUT2D eigenvalue weighted by Gasteiger charge is 2.42. The Morgan fingerprint density at radius 1 is 1.20 bits per heavy atom. The van der Waals surface area contributed by atoms with E-state index in [2.05, 4.69) is 32.6 Å². The third-order valence-electron chi connectivity index (χ3n) is 5.61. The summed E-state index contributed by atoms with van der Waals surface area (Å²) in [5.41, 5.74) is 6.93. The predicted octanol–water partition coefficient (Wildman–Crippen LogP) is 3.03. The van der Waals surface area contributed by atoms with Gasteiger partial charge in [0.05, 0.1) is 6.10 Å². The number of hydrogen-bond donors (Lipinski definition) is 1. The molecule has 2 fully saturated rings. The molecule has 0 amide bonds. The van der Waals surface area contributed by atoms with Gasteiger partial charge in [-0.3, -0.25) is 4.90 Å². The highest BCUT2D eigenvalue weighted by atomic mass is 16.5. The zero-order chi connectivity index (χ0) is 14.8. The summed E-state index contributed by atoms with van der Waals surface area (Å²) >= 11 is 0. The summed E-state index contributed by atoms with van der Waals surface area (Å²) in [5.74, 6) is 0.588. The van der Waals surface area contributed by atoms with Crippen molar-refractivity contribution < 1.29 is 4.74 Å². The van der Waals surface area contributed by atoms with Gasteiger partial charge < -0.3 is 10.5 Å². The minimum atomic E-state index is 0.188. The van der Waals surface area contributed by atoms with E-state index >= 15 is 0 Å². The van der Waals surface area contributed by atoms with Crippen LogP contribution in [-0.2, 0) is 4.74 Å². The van der Waals surface area contributed by atoms with E-state index in [9.17, 15) is 0 Å². The van der Waals surface area contributed by atoms with Gasteiger partial charge in [0, 0.05) is 18.7 Å². The molecule has 2 saturated heterocycles. The van der Waals surface area contributed by atoms with E-state index < -0.39 is 0 Å². The molecule has 3 nitrogen and oxygen atoms in total. The molecule has 0 aromatic heterocycles. The molecule has 0 aromatic carbocycles. The first-order valence-electron chi connectivity index (χ1n) is 8.45. The van der Waals surface area contributed by atoms with Crippen molar-refractivity contribution in [2.45, 2.75) is 71.4 Å². The molecule has 118 valence electrons. The Labute approximate surface area is 125 Å². The fraction of sp³-hybridized carbons (Fsp3) is 1.00. The third kappa shape index (κ3) is 3.55. The Balaban J connectivity index is 2.09. The van der Waals surface area contributed by atoms with E-state index in [1.807, 2.05) is 0 Å². The van der Waals surface area contributed by atoms with Crippen molar-refractivity contribution in [2.24, 2.45) is 17.1 Å². The van der Waals surface area contributed by atoms with Crippen LogP contribution in [0, 0.1) is 11.3 Å². The number of rotatable bonds is 3. The van der Waals surface area contributed by atoms with Gasteiger partial charge in [0.1, 0.15) is 0 Å². The van der Waals surface area contributed by atoms with E-state index in [1.54, 1.807) is 0 Å². The van der Waals surface area contributed by atoms with Gasteiger partial charge in [0.15, 0.2) is 0 Å². The molecule has 0 aliphatic carbocycles. The first kappa shape index (κ1) is 16.3. The smallest absolute Gasteiger partial charge is 0.0616 e. The van der Waals surface area contributed by atoms with Crippen LogP contribution in [0.15, 0.2) is 0 Å². The zero-order valence-corrected chi connectivity index (χ0v) is 14.0. The van der Waals surface area contributed by atoms with E-state index in [0.29, 0.717) is 17.4 Å². The first-order valence-corrected chi connectivity index (χ1v) is 8.45. The van der Waals surface area contributed by atoms with Crippen molar-refractivity contribution in [1.82, 2.24) is 4.90 Å². The summed E-state index contributed by atoms with van der Waals surface area (Å²) in [7, 11) is 0. The Morgan fingerprint density at radius 2 is 1.95 bits per heavy atom. The Bertz CT molecular complexity index is 316. The fourth-order valence-corrected chi connectivity index (χ4v) is 3.86. The first-order chi connectivity index (χ1) is 9.38. The van der Waals surface area contributed by atoms with Crippen LogP contribution in [0.5, 0.6) is 0 Å². The molecule has 0 spiro atoms. The van der Waals surface area contributed by atoms with Crippen LogP contribution in [0.2, 0.25) is 0 Å². The Morgan fingerprint density at radius 3 is 2.60 bits per heavy atom. The topological polar surface area (TPSA) is 38.5 Å². The molecule has 2 N–H and O–H groups in total. The second-order valence-electron chi connectivity index (χ2n) is 8.04. The molecule has 2 aliphatic rings. The van der Waals surface area contributed by atoms with E-state index in [-0.39, 0.29) is 5.54 Å². The average molecular weight is 282 g/mol. The number of likely N-dealkylation sites (tertiary alicyclic amines) is 1. The van der Waals surface area contributed by atoms with Crippen LogP contribution in [-0.4, -0.2) is 42.8 Å². The van der Waals surface area contributed by atoms with Crippen molar-refractivity contribution in [3.8, 4) is 0 Å². The second-order valence-corrected chi connectivity index (χ2v) is 8.04. The normalized spacial score (nSPS) is 36.0. The lowest BCUT2D eigenvalue weighted by Crippen LogP contribution is -2.59. The SMILES string of the molecule is CC(C)C1CC(CN)(N2CCCC(C)(C)CC2)CCO1. The molecule has 0 radical (unpaired) electrons. The standard InChI is InChI=1S/C17H34N2O/c1-14(2)15-12-17(13-18,8-11-20-15)19-9-5-6-16(3,4)7-10-19/h14-15H,5-13,18H2,1-4H3. The minimum absolute atomic E-state index is 0.188. The van der Waals surface area contributed by atoms with E-state index in [4.69, 9.17) is 10.5 Å². The molecular formula is C17H34N2O. The summed E-state index contributed by atoms with van der Waals surface area (Å²) in [6.07, 6.45) is 6.54. The van der Waals surface area contributed by atoms with E-state index in [0.717, 1.165) is 26.0 Å². The summed E-state index contributed by atoms with van der Waals surface area (Å²) in [4.78, 5) is 2.71. The monoisotopic (exact) mass is 282 g/mol. The van der Waals surface area contributed by atoms with Crippen molar-refractivity contribution >= 4 is 0 Å². The number of nitrogens with two attached hydrogens (primary N) is 1. The van der Waals surface area contributed by atoms with Crippen molar-refractivity contribution in [3.63, 3.8) is 0 Å². The van der Waals surface area contributed by atoms with Gasteiger partial charge in [-0.05, 0) is 56.5 Å². The average Bonchev–Trinajstić information content (AvgIpc) is 2.60. The molecule has 2 atom stereocenters. The molecule has 0 saturated carbocycles. The highest BCUT2D eigenvalue weighted by Crippen LogP contribution is 2.37. The van der Waals surface area contributed by atoms with Crippen LogP contribution in [0.25, 0.3) is 0 Å². The van der Waals surface area contributed by atoms with Crippen LogP contribution in [0.3, 0.4) is 0 Å². The molecule has 2 heterocycles. The van der Waals surface area contributed by atoms with Gasteiger partial charge in [0.25, 0.3) is 0 Å². The largest absolute Gasteiger partial charge is 0.378 e. The van der Waals surface area contributed by atoms with E-state index in [1.165, 1.54) is 32.4 Å². The second kappa shape index (κ2) is 6.33. The van der Waals surface area contributed by atoms with Gasteiger partial charge in [-0.25, -0.2) is 0 Å². The molecule has 2 rings (SSSR count). The van der Waals surface area contributed by atoms with Gasteiger partial charge in [-0.15, -0.1) is 0 Å². The minimum Gasteiger partial charge on any atom is -0.378 e. The number of nitrogens with zero attached hydrogens (tertiary/aromatic N) is 1. The van der Waals surface area contributed by atoms with Gasteiger partial charge >= 0.3 is 0 Å². The Hall–Kier alpha value is -0.120. The lowest BCUT2D eigenvalue weighted by atomic mass is 9.81. The van der Waals surface area contributed by atoms with Gasteiger partial charge in [0.2, 0.25) is 0 Å². The Kier molecular flexibility index (Phi) is 5.14. The van der Waals surface area contributed by atoms with Crippen molar-refractivity contribution in [2.75, 3.05) is 26.2 Å². The molecule has 2 aliphatic heterocycles.